The van der Waals surface area contributed by atoms with Crippen molar-refractivity contribution in [2.24, 2.45) is 5.73 Å². The molecule has 20 heavy (non-hydrogen) atoms. The van der Waals surface area contributed by atoms with Crippen molar-refractivity contribution in [2.75, 3.05) is 26.0 Å². The summed E-state index contributed by atoms with van der Waals surface area (Å²) in [6.07, 6.45) is 0. The van der Waals surface area contributed by atoms with Crippen molar-refractivity contribution in [3.63, 3.8) is 0 Å². The number of hydrogen-bond donors (Lipinski definition) is 3. The van der Waals surface area contributed by atoms with Gasteiger partial charge in [0.1, 0.15) is 0 Å². The molecule has 0 aliphatic carbocycles. The van der Waals surface area contributed by atoms with E-state index in [4.69, 9.17) is 5.73 Å². The summed E-state index contributed by atoms with van der Waals surface area (Å²) in [5.74, 6) is 0. The Hall–Kier alpha value is -1.59. The molecule has 0 radical (unpaired) electrons. The van der Waals surface area contributed by atoms with E-state index in [9.17, 15) is 4.79 Å². The Morgan fingerprint density at radius 1 is 1.40 bits per heavy atom. The number of benzene rings is 1. The van der Waals surface area contributed by atoms with Gasteiger partial charge in [-0.1, -0.05) is 12.1 Å². The number of rotatable bonds is 5. The summed E-state index contributed by atoms with van der Waals surface area (Å²) in [4.78, 5) is 14.0. The van der Waals surface area contributed by atoms with Crippen LogP contribution >= 0.6 is 0 Å². The number of hydrogen-bond acceptors (Lipinski definition) is 3. The molecular formula is C15H26N4O. The lowest BCUT2D eigenvalue weighted by atomic mass is 10.0. The smallest absolute Gasteiger partial charge is 0.319 e. The maximum Gasteiger partial charge on any atom is 0.319 e. The predicted molar refractivity (Wildman–Crippen MR) is 83.8 cm³/mol. The SMILES string of the molecule is CC(N)c1cccc(NC(=O)NCC(C)(C)N(C)C)c1. The molecule has 1 aromatic carbocycles. The van der Waals surface area contributed by atoms with Crippen molar-refractivity contribution < 1.29 is 4.79 Å². The van der Waals surface area contributed by atoms with Gasteiger partial charge in [-0.2, -0.15) is 0 Å². The maximum atomic E-state index is 11.9. The molecule has 5 heteroatoms. The van der Waals surface area contributed by atoms with Gasteiger partial charge in [0.2, 0.25) is 0 Å². The molecule has 4 N–H and O–H groups in total. The van der Waals surface area contributed by atoms with Crippen molar-refractivity contribution in [3.05, 3.63) is 29.8 Å². The first kappa shape index (κ1) is 16.5. The normalized spacial score (nSPS) is 13.2. The van der Waals surface area contributed by atoms with E-state index >= 15 is 0 Å². The minimum atomic E-state index is -0.207. The number of nitrogens with zero attached hydrogens (tertiary/aromatic N) is 1. The summed E-state index contributed by atoms with van der Waals surface area (Å²) in [6, 6.07) is 7.32. The van der Waals surface area contributed by atoms with E-state index in [-0.39, 0.29) is 17.6 Å². The molecule has 1 rings (SSSR count). The number of likely N-dealkylation sites (N-methyl/N-ethyl adjacent to an activating group) is 1. The third kappa shape index (κ3) is 4.83. The van der Waals surface area contributed by atoms with Crippen LogP contribution in [-0.2, 0) is 0 Å². The van der Waals surface area contributed by atoms with E-state index in [1.54, 1.807) is 0 Å². The lowest BCUT2D eigenvalue weighted by Gasteiger charge is -2.32. The molecule has 1 unspecified atom stereocenters. The first-order valence-corrected chi connectivity index (χ1v) is 6.80. The standard InChI is InChI=1S/C15H26N4O/c1-11(16)12-7-6-8-13(9-12)18-14(20)17-10-15(2,3)19(4)5/h6-9,11H,10,16H2,1-5H3,(H2,17,18,20). The zero-order chi connectivity index (χ0) is 15.3. The predicted octanol–water partition coefficient (Wildman–Crippen LogP) is 2.17. The van der Waals surface area contributed by atoms with Crippen LogP contribution < -0.4 is 16.4 Å². The number of carbonyl (C=O) groups excluding carboxylic acids is 1. The van der Waals surface area contributed by atoms with E-state index in [2.05, 4.69) is 29.4 Å². The Balaban J connectivity index is 2.57. The molecule has 2 amide bonds. The Kier molecular flexibility index (Phi) is 5.53. The summed E-state index contributed by atoms with van der Waals surface area (Å²) < 4.78 is 0. The summed E-state index contributed by atoms with van der Waals surface area (Å²) in [5.41, 5.74) is 7.48. The highest BCUT2D eigenvalue weighted by Gasteiger charge is 2.20. The first-order chi connectivity index (χ1) is 9.22. The Bertz CT molecular complexity index is 455. The molecule has 0 aliphatic heterocycles. The van der Waals surface area contributed by atoms with Gasteiger partial charge in [-0.15, -0.1) is 0 Å². The van der Waals surface area contributed by atoms with Gasteiger partial charge in [0, 0.05) is 23.8 Å². The monoisotopic (exact) mass is 278 g/mol. The highest BCUT2D eigenvalue weighted by molar-refractivity contribution is 5.89. The molecule has 0 saturated carbocycles. The fourth-order valence-corrected chi connectivity index (χ4v) is 1.53. The average Bonchev–Trinajstić information content (AvgIpc) is 2.36. The Morgan fingerprint density at radius 2 is 2.05 bits per heavy atom. The molecule has 1 atom stereocenters. The van der Waals surface area contributed by atoms with Gasteiger partial charge in [0.15, 0.2) is 0 Å². The molecule has 0 saturated heterocycles. The van der Waals surface area contributed by atoms with E-state index in [1.165, 1.54) is 0 Å². The van der Waals surface area contributed by atoms with Crippen LogP contribution in [0.25, 0.3) is 0 Å². The van der Waals surface area contributed by atoms with Gasteiger partial charge in [0.25, 0.3) is 0 Å². The van der Waals surface area contributed by atoms with Crippen LogP contribution in [0.3, 0.4) is 0 Å². The lowest BCUT2D eigenvalue weighted by Crippen LogP contribution is -2.49. The topological polar surface area (TPSA) is 70.4 Å². The van der Waals surface area contributed by atoms with E-state index in [0.717, 1.165) is 11.3 Å². The maximum absolute atomic E-state index is 11.9. The Morgan fingerprint density at radius 3 is 2.60 bits per heavy atom. The summed E-state index contributed by atoms with van der Waals surface area (Å²) in [7, 11) is 3.98. The van der Waals surface area contributed by atoms with Crippen LogP contribution in [0, 0.1) is 0 Å². The highest BCUT2D eigenvalue weighted by atomic mass is 16.2. The third-order valence-electron chi connectivity index (χ3n) is 3.56. The van der Waals surface area contributed by atoms with Crippen molar-refractivity contribution in [2.45, 2.75) is 32.4 Å². The summed E-state index contributed by atoms with van der Waals surface area (Å²) >= 11 is 0. The minimum Gasteiger partial charge on any atom is -0.336 e. The minimum absolute atomic E-state index is 0.0486. The summed E-state index contributed by atoms with van der Waals surface area (Å²) in [5, 5.41) is 5.70. The van der Waals surface area contributed by atoms with Gasteiger partial charge >= 0.3 is 6.03 Å². The highest BCUT2D eigenvalue weighted by Crippen LogP contribution is 2.15. The van der Waals surface area contributed by atoms with Crippen molar-refractivity contribution >= 4 is 11.7 Å². The second-order valence-electron chi connectivity index (χ2n) is 5.93. The van der Waals surface area contributed by atoms with E-state index in [1.807, 2.05) is 45.3 Å². The van der Waals surface area contributed by atoms with Gasteiger partial charge in [-0.3, -0.25) is 0 Å². The molecule has 0 aromatic heterocycles. The number of carbonyl (C=O) groups is 1. The zero-order valence-corrected chi connectivity index (χ0v) is 13.0. The number of anilines is 1. The quantitative estimate of drug-likeness (QED) is 0.773. The number of nitrogens with two attached hydrogens (primary N) is 1. The second kappa shape index (κ2) is 6.72. The van der Waals surface area contributed by atoms with Crippen molar-refractivity contribution in [1.29, 1.82) is 0 Å². The van der Waals surface area contributed by atoms with Crippen LogP contribution in [0.4, 0.5) is 10.5 Å². The van der Waals surface area contributed by atoms with Crippen LogP contribution in [0.2, 0.25) is 0 Å². The van der Waals surface area contributed by atoms with E-state index < -0.39 is 0 Å². The van der Waals surface area contributed by atoms with Crippen LogP contribution in [0.1, 0.15) is 32.4 Å². The first-order valence-electron chi connectivity index (χ1n) is 6.80. The van der Waals surface area contributed by atoms with Crippen molar-refractivity contribution in [3.8, 4) is 0 Å². The second-order valence-corrected chi connectivity index (χ2v) is 5.93. The molecule has 1 aromatic rings. The fourth-order valence-electron chi connectivity index (χ4n) is 1.53. The van der Waals surface area contributed by atoms with Gasteiger partial charge in [-0.05, 0) is 52.6 Å². The molecule has 0 spiro atoms. The molecule has 112 valence electrons. The molecule has 0 heterocycles. The third-order valence-corrected chi connectivity index (χ3v) is 3.56. The van der Waals surface area contributed by atoms with Crippen LogP contribution in [-0.4, -0.2) is 37.1 Å². The van der Waals surface area contributed by atoms with Crippen LogP contribution in [0.15, 0.2) is 24.3 Å². The average molecular weight is 278 g/mol. The number of urea groups is 1. The molecule has 0 aliphatic rings. The van der Waals surface area contributed by atoms with Gasteiger partial charge < -0.3 is 21.3 Å². The molecule has 0 bridgehead atoms. The van der Waals surface area contributed by atoms with Gasteiger partial charge in [-0.25, -0.2) is 4.79 Å². The summed E-state index contributed by atoms with van der Waals surface area (Å²) in [6.45, 7) is 6.63. The largest absolute Gasteiger partial charge is 0.336 e. The number of amides is 2. The molecule has 5 nitrogen and oxygen atoms in total. The van der Waals surface area contributed by atoms with E-state index in [0.29, 0.717) is 6.54 Å². The van der Waals surface area contributed by atoms with Gasteiger partial charge in [0.05, 0.1) is 0 Å². The number of nitrogens with one attached hydrogen (secondary N) is 2. The molecule has 0 fully saturated rings. The van der Waals surface area contributed by atoms with Crippen molar-refractivity contribution in [1.82, 2.24) is 10.2 Å². The molecular weight excluding hydrogens is 252 g/mol. The lowest BCUT2D eigenvalue weighted by molar-refractivity contribution is 0.189. The fraction of sp³-hybridized carbons (Fsp3) is 0.533. The van der Waals surface area contributed by atoms with Crippen LogP contribution in [0.5, 0.6) is 0 Å². The Labute approximate surface area is 121 Å². The zero-order valence-electron chi connectivity index (χ0n) is 13.0.